The Morgan fingerprint density at radius 2 is 1.18 bits per heavy atom. The lowest BCUT2D eigenvalue weighted by Crippen LogP contribution is -2.38. The second kappa shape index (κ2) is 9.00. The van der Waals surface area contributed by atoms with Crippen molar-refractivity contribution in [3.05, 3.63) is 114 Å². The van der Waals surface area contributed by atoms with Crippen LogP contribution in [0.3, 0.4) is 0 Å². The van der Waals surface area contributed by atoms with Crippen LogP contribution in [0.15, 0.2) is 97.2 Å². The zero-order chi connectivity index (χ0) is 19.0. The predicted octanol–water partition coefficient (Wildman–Crippen LogP) is 4.67. The van der Waals surface area contributed by atoms with E-state index in [2.05, 4.69) is 111 Å². The van der Waals surface area contributed by atoms with E-state index < -0.39 is 0 Å². The molecular formula is C24H24N4. The smallest absolute Gasteiger partial charge is 0.171 e. The first-order valence-electron chi connectivity index (χ1n) is 9.62. The zero-order valence-corrected chi connectivity index (χ0v) is 15.8. The van der Waals surface area contributed by atoms with Gasteiger partial charge < -0.3 is 4.90 Å². The molecule has 0 saturated heterocycles. The fourth-order valence-electron chi connectivity index (χ4n) is 3.58. The molecule has 1 N–H and O–H groups in total. The monoisotopic (exact) mass is 368 g/mol. The maximum atomic E-state index is 4.41. The van der Waals surface area contributed by atoms with Crippen LogP contribution in [0.25, 0.3) is 0 Å². The van der Waals surface area contributed by atoms with Crippen LogP contribution in [0.1, 0.15) is 16.7 Å². The van der Waals surface area contributed by atoms with Gasteiger partial charge in [0.15, 0.2) is 5.82 Å². The zero-order valence-electron chi connectivity index (χ0n) is 15.8. The van der Waals surface area contributed by atoms with Crippen molar-refractivity contribution in [2.75, 3.05) is 4.90 Å². The summed E-state index contributed by atoms with van der Waals surface area (Å²) in [6, 6.07) is 32.1. The number of nitrogens with one attached hydrogen (secondary N) is 1. The Balaban J connectivity index is 1.67. The number of benzene rings is 3. The van der Waals surface area contributed by atoms with E-state index in [0.717, 1.165) is 25.2 Å². The van der Waals surface area contributed by atoms with Crippen LogP contribution in [-0.2, 0) is 19.4 Å². The Morgan fingerprint density at radius 3 is 1.64 bits per heavy atom. The van der Waals surface area contributed by atoms with E-state index in [-0.39, 0.29) is 6.04 Å². The Hall–Kier alpha value is -3.40. The average molecular weight is 368 g/mol. The van der Waals surface area contributed by atoms with Crippen molar-refractivity contribution in [3.63, 3.8) is 0 Å². The summed E-state index contributed by atoms with van der Waals surface area (Å²) in [5.74, 6) is 0.876. The predicted molar refractivity (Wildman–Crippen MR) is 113 cm³/mol. The van der Waals surface area contributed by atoms with Crippen LogP contribution in [0.5, 0.6) is 0 Å². The molecule has 0 aliphatic rings. The first-order chi connectivity index (χ1) is 13.9. The van der Waals surface area contributed by atoms with E-state index in [1.807, 2.05) is 6.20 Å². The molecule has 0 spiro atoms. The van der Waals surface area contributed by atoms with E-state index in [4.69, 9.17) is 0 Å². The van der Waals surface area contributed by atoms with Crippen LogP contribution in [0, 0.1) is 0 Å². The summed E-state index contributed by atoms with van der Waals surface area (Å²) in [5, 5.41) is 11.2. The van der Waals surface area contributed by atoms with Crippen molar-refractivity contribution >= 4 is 5.82 Å². The third-order valence-electron chi connectivity index (χ3n) is 4.96. The lowest BCUT2D eigenvalue weighted by atomic mass is 9.97. The molecule has 4 aromatic rings. The number of aromatic nitrogens is 3. The molecule has 0 radical (unpaired) electrons. The van der Waals surface area contributed by atoms with Crippen molar-refractivity contribution in [1.29, 1.82) is 0 Å². The molecule has 4 rings (SSSR count). The molecule has 0 aliphatic carbocycles. The number of aromatic amines is 1. The third kappa shape index (κ3) is 4.65. The van der Waals surface area contributed by atoms with E-state index in [1.165, 1.54) is 16.7 Å². The molecule has 4 nitrogen and oxygen atoms in total. The number of rotatable bonds is 8. The molecule has 3 aromatic carbocycles. The van der Waals surface area contributed by atoms with Crippen molar-refractivity contribution in [2.24, 2.45) is 0 Å². The van der Waals surface area contributed by atoms with Gasteiger partial charge in [0.25, 0.3) is 0 Å². The first-order valence-corrected chi connectivity index (χ1v) is 9.62. The van der Waals surface area contributed by atoms with Crippen LogP contribution in [0.4, 0.5) is 5.82 Å². The summed E-state index contributed by atoms with van der Waals surface area (Å²) in [4.78, 5) is 2.36. The maximum absolute atomic E-state index is 4.41. The summed E-state index contributed by atoms with van der Waals surface area (Å²) in [6.45, 7) is 0.789. The van der Waals surface area contributed by atoms with Gasteiger partial charge >= 0.3 is 0 Å². The Labute approximate surface area is 165 Å². The molecule has 1 heterocycles. The van der Waals surface area contributed by atoms with Gasteiger partial charge in [-0.2, -0.15) is 10.3 Å². The minimum absolute atomic E-state index is 0.259. The fourth-order valence-corrected chi connectivity index (χ4v) is 3.58. The first kappa shape index (κ1) is 18.0. The second-order valence-electron chi connectivity index (χ2n) is 6.97. The summed E-state index contributed by atoms with van der Waals surface area (Å²) < 4.78 is 0. The third-order valence-corrected chi connectivity index (χ3v) is 4.96. The van der Waals surface area contributed by atoms with Crippen molar-refractivity contribution in [2.45, 2.75) is 25.4 Å². The van der Waals surface area contributed by atoms with Crippen molar-refractivity contribution < 1.29 is 0 Å². The normalized spacial score (nSPS) is 10.9. The molecule has 0 amide bonds. The van der Waals surface area contributed by atoms with Gasteiger partial charge in [-0.05, 0) is 29.5 Å². The summed E-state index contributed by atoms with van der Waals surface area (Å²) in [7, 11) is 0. The van der Waals surface area contributed by atoms with E-state index >= 15 is 0 Å². The Morgan fingerprint density at radius 1 is 0.679 bits per heavy atom. The van der Waals surface area contributed by atoms with Gasteiger partial charge in [0.05, 0.1) is 6.20 Å². The SMILES string of the molecule is c1ccc(CC(Cc2ccccc2)N(Cc2ccccc2)c2cn[nH]n2)cc1. The number of H-pyrrole nitrogens is 1. The molecule has 0 fully saturated rings. The summed E-state index contributed by atoms with van der Waals surface area (Å²) in [5.41, 5.74) is 3.91. The molecule has 1 aromatic heterocycles. The van der Waals surface area contributed by atoms with E-state index in [0.29, 0.717) is 0 Å². The molecule has 0 unspecified atom stereocenters. The molecule has 4 heteroatoms. The van der Waals surface area contributed by atoms with Gasteiger partial charge in [0, 0.05) is 12.6 Å². The number of hydrogen-bond donors (Lipinski definition) is 1. The number of hydrogen-bond acceptors (Lipinski definition) is 3. The van der Waals surface area contributed by atoms with E-state index in [1.54, 1.807) is 0 Å². The maximum Gasteiger partial charge on any atom is 0.171 e. The molecule has 0 bridgehead atoms. The highest BCUT2D eigenvalue weighted by Gasteiger charge is 2.22. The highest BCUT2D eigenvalue weighted by molar-refractivity contribution is 5.40. The fraction of sp³-hybridized carbons (Fsp3) is 0.167. The topological polar surface area (TPSA) is 44.8 Å². The average Bonchev–Trinajstić information content (AvgIpc) is 3.28. The van der Waals surface area contributed by atoms with Gasteiger partial charge in [-0.15, -0.1) is 5.10 Å². The highest BCUT2D eigenvalue weighted by Crippen LogP contribution is 2.22. The van der Waals surface area contributed by atoms with Crippen LogP contribution >= 0.6 is 0 Å². The Kier molecular flexibility index (Phi) is 5.78. The number of nitrogens with zero attached hydrogens (tertiary/aromatic N) is 3. The largest absolute Gasteiger partial charge is 0.346 e. The molecule has 0 saturated carbocycles. The lowest BCUT2D eigenvalue weighted by molar-refractivity contribution is 0.573. The van der Waals surface area contributed by atoms with Crippen molar-refractivity contribution in [3.8, 4) is 0 Å². The molecule has 140 valence electrons. The second-order valence-corrected chi connectivity index (χ2v) is 6.97. The van der Waals surface area contributed by atoms with Gasteiger partial charge in [-0.1, -0.05) is 91.0 Å². The summed E-state index contributed by atoms with van der Waals surface area (Å²) >= 11 is 0. The van der Waals surface area contributed by atoms with Gasteiger partial charge in [-0.25, -0.2) is 0 Å². The Bertz CT molecular complexity index is 896. The highest BCUT2D eigenvalue weighted by atomic mass is 15.4. The molecule has 0 aliphatic heterocycles. The molecular weight excluding hydrogens is 344 g/mol. The number of anilines is 1. The quantitative estimate of drug-likeness (QED) is 0.492. The van der Waals surface area contributed by atoms with E-state index in [9.17, 15) is 0 Å². The minimum Gasteiger partial charge on any atom is -0.346 e. The van der Waals surface area contributed by atoms with Gasteiger partial charge in [-0.3, -0.25) is 0 Å². The van der Waals surface area contributed by atoms with Crippen LogP contribution < -0.4 is 4.90 Å². The summed E-state index contributed by atoms with van der Waals surface area (Å²) in [6.07, 6.45) is 3.69. The van der Waals surface area contributed by atoms with Gasteiger partial charge in [0.2, 0.25) is 0 Å². The standard InChI is InChI=1S/C24H24N4/c1-4-10-20(11-5-1)16-23(17-21-12-6-2-7-13-21)28(24-18-25-27-26-24)19-22-14-8-3-9-15-22/h1-15,18,23H,16-17,19H2,(H,25,26,27). The molecule has 0 atom stereocenters. The van der Waals surface area contributed by atoms with Gasteiger partial charge in [0.1, 0.15) is 0 Å². The van der Waals surface area contributed by atoms with Crippen LogP contribution in [-0.4, -0.2) is 21.5 Å². The van der Waals surface area contributed by atoms with Crippen LogP contribution in [0.2, 0.25) is 0 Å². The minimum atomic E-state index is 0.259. The molecule has 28 heavy (non-hydrogen) atoms. The van der Waals surface area contributed by atoms with Crippen molar-refractivity contribution in [1.82, 2.24) is 15.4 Å². The lowest BCUT2D eigenvalue weighted by Gasteiger charge is -2.32.